The Kier molecular flexibility index (Phi) is 2.60. The summed E-state index contributed by atoms with van der Waals surface area (Å²) in [5.74, 6) is 0. The van der Waals surface area contributed by atoms with E-state index in [1.807, 2.05) is 6.92 Å². The van der Waals surface area contributed by atoms with E-state index in [-0.39, 0.29) is 12.1 Å². The lowest BCUT2D eigenvalue weighted by Gasteiger charge is -2.05. The Bertz CT molecular complexity index is 61.1. The zero-order valence-electron chi connectivity index (χ0n) is 4.76. The first-order valence-corrected chi connectivity index (χ1v) is 2.32. The lowest BCUT2D eigenvalue weighted by molar-refractivity contribution is 0.172. The summed E-state index contributed by atoms with van der Waals surface area (Å²) < 4.78 is 0. The molecule has 0 bridgehead atoms. The molecule has 2 heteroatoms. The molecule has 0 aliphatic rings. The predicted molar refractivity (Wildman–Crippen MR) is 30.7 cm³/mol. The molecule has 0 fully saturated rings. The van der Waals surface area contributed by atoms with Gasteiger partial charge in [0.15, 0.2) is 0 Å². The molecule has 0 heterocycles. The smallest absolute Gasteiger partial charge is 0.0732 e. The van der Waals surface area contributed by atoms with Crippen molar-refractivity contribution in [3.05, 3.63) is 0 Å². The summed E-state index contributed by atoms with van der Waals surface area (Å²) >= 11 is 0. The van der Waals surface area contributed by atoms with Crippen LogP contribution in [0.15, 0.2) is 4.99 Å². The second-order valence-corrected chi connectivity index (χ2v) is 1.66. The normalized spacial score (nSPS) is 18.1. The van der Waals surface area contributed by atoms with Crippen LogP contribution in [0.4, 0.5) is 0 Å². The van der Waals surface area contributed by atoms with E-state index in [2.05, 4.69) is 11.7 Å². The van der Waals surface area contributed by atoms with Crippen LogP contribution in [0.2, 0.25) is 0 Å². The van der Waals surface area contributed by atoms with Crippen LogP contribution < -0.4 is 0 Å². The van der Waals surface area contributed by atoms with Gasteiger partial charge >= 0.3 is 0 Å². The molecular formula is C5H11NO. The summed E-state index contributed by atoms with van der Waals surface area (Å²) in [6, 6.07) is -0.0278. The maximum absolute atomic E-state index is 8.69. The SMILES string of the molecule is C=NC(C)C(C)O. The summed E-state index contributed by atoms with van der Waals surface area (Å²) in [5.41, 5.74) is 0. The lowest BCUT2D eigenvalue weighted by Crippen LogP contribution is -2.15. The number of aliphatic hydroxyl groups excluding tert-OH is 1. The Labute approximate surface area is 43.9 Å². The van der Waals surface area contributed by atoms with Gasteiger partial charge in [-0.15, -0.1) is 0 Å². The van der Waals surface area contributed by atoms with Gasteiger partial charge in [0.2, 0.25) is 0 Å². The van der Waals surface area contributed by atoms with E-state index in [0.717, 1.165) is 0 Å². The van der Waals surface area contributed by atoms with Crippen molar-refractivity contribution < 1.29 is 5.11 Å². The van der Waals surface area contributed by atoms with E-state index in [1.165, 1.54) is 0 Å². The summed E-state index contributed by atoms with van der Waals surface area (Å²) in [6.07, 6.45) is -0.363. The molecule has 0 aliphatic heterocycles. The first-order chi connectivity index (χ1) is 3.18. The van der Waals surface area contributed by atoms with Gasteiger partial charge in [0, 0.05) is 0 Å². The number of aliphatic hydroxyl groups is 1. The van der Waals surface area contributed by atoms with Crippen molar-refractivity contribution >= 4 is 6.72 Å². The van der Waals surface area contributed by atoms with Crippen LogP contribution in [0.3, 0.4) is 0 Å². The Morgan fingerprint density at radius 3 is 2.00 bits per heavy atom. The van der Waals surface area contributed by atoms with Crippen LogP contribution in [0.1, 0.15) is 13.8 Å². The highest BCUT2D eigenvalue weighted by molar-refractivity contribution is 5.24. The van der Waals surface area contributed by atoms with Crippen molar-refractivity contribution in [2.45, 2.75) is 26.0 Å². The number of hydrogen-bond donors (Lipinski definition) is 1. The third-order valence-corrected chi connectivity index (χ3v) is 0.986. The predicted octanol–water partition coefficient (Wildman–Crippen LogP) is 0.456. The molecule has 2 atom stereocenters. The monoisotopic (exact) mass is 101 g/mol. The molecule has 0 amide bonds. The quantitative estimate of drug-likeness (QED) is 0.503. The van der Waals surface area contributed by atoms with E-state index in [0.29, 0.717) is 0 Å². The van der Waals surface area contributed by atoms with Crippen molar-refractivity contribution in [1.82, 2.24) is 0 Å². The third kappa shape index (κ3) is 2.34. The fourth-order valence-electron chi connectivity index (χ4n) is 0.153. The van der Waals surface area contributed by atoms with Crippen molar-refractivity contribution in [1.29, 1.82) is 0 Å². The molecule has 2 nitrogen and oxygen atoms in total. The van der Waals surface area contributed by atoms with Gasteiger partial charge in [-0.05, 0) is 20.6 Å². The molecule has 0 rings (SSSR count). The molecule has 0 aromatic rings. The maximum Gasteiger partial charge on any atom is 0.0732 e. The zero-order valence-corrected chi connectivity index (χ0v) is 4.76. The van der Waals surface area contributed by atoms with Gasteiger partial charge in [-0.25, -0.2) is 0 Å². The van der Waals surface area contributed by atoms with E-state index < -0.39 is 0 Å². The summed E-state index contributed by atoms with van der Waals surface area (Å²) in [6.45, 7) is 6.78. The minimum atomic E-state index is -0.363. The second-order valence-electron chi connectivity index (χ2n) is 1.66. The summed E-state index contributed by atoms with van der Waals surface area (Å²) in [4.78, 5) is 3.59. The highest BCUT2D eigenvalue weighted by atomic mass is 16.3. The zero-order chi connectivity index (χ0) is 5.86. The molecule has 0 spiro atoms. The number of aliphatic imine (C=N–C) groups is 1. The number of rotatable bonds is 2. The lowest BCUT2D eigenvalue weighted by atomic mass is 10.2. The fraction of sp³-hybridized carbons (Fsp3) is 0.800. The molecule has 0 aromatic heterocycles. The van der Waals surface area contributed by atoms with Crippen molar-refractivity contribution in [3.63, 3.8) is 0 Å². The number of nitrogens with zero attached hydrogens (tertiary/aromatic N) is 1. The van der Waals surface area contributed by atoms with Gasteiger partial charge in [0.1, 0.15) is 0 Å². The van der Waals surface area contributed by atoms with Gasteiger partial charge < -0.3 is 5.11 Å². The van der Waals surface area contributed by atoms with Gasteiger partial charge in [-0.1, -0.05) is 0 Å². The first-order valence-electron chi connectivity index (χ1n) is 2.32. The molecular weight excluding hydrogens is 90.1 g/mol. The van der Waals surface area contributed by atoms with Crippen LogP contribution in [0, 0.1) is 0 Å². The molecule has 7 heavy (non-hydrogen) atoms. The molecule has 2 unspecified atom stereocenters. The molecule has 0 saturated heterocycles. The molecule has 0 aromatic carbocycles. The summed E-state index contributed by atoms with van der Waals surface area (Å²) in [7, 11) is 0. The van der Waals surface area contributed by atoms with E-state index >= 15 is 0 Å². The van der Waals surface area contributed by atoms with Crippen molar-refractivity contribution in [2.24, 2.45) is 4.99 Å². The topological polar surface area (TPSA) is 32.6 Å². The Hall–Kier alpha value is -0.370. The second kappa shape index (κ2) is 2.75. The standard InChI is InChI=1S/C5H11NO/c1-4(6-3)5(2)7/h4-5,7H,3H2,1-2H3. The fourth-order valence-corrected chi connectivity index (χ4v) is 0.153. The van der Waals surface area contributed by atoms with E-state index in [9.17, 15) is 0 Å². The Morgan fingerprint density at radius 1 is 1.57 bits per heavy atom. The van der Waals surface area contributed by atoms with Crippen LogP contribution in [0.25, 0.3) is 0 Å². The van der Waals surface area contributed by atoms with Crippen LogP contribution in [0.5, 0.6) is 0 Å². The van der Waals surface area contributed by atoms with E-state index in [1.54, 1.807) is 6.92 Å². The van der Waals surface area contributed by atoms with Crippen molar-refractivity contribution in [3.8, 4) is 0 Å². The first kappa shape index (κ1) is 6.63. The van der Waals surface area contributed by atoms with Gasteiger partial charge in [0.05, 0.1) is 12.1 Å². The highest BCUT2D eigenvalue weighted by Gasteiger charge is 2.01. The molecule has 0 saturated carbocycles. The van der Waals surface area contributed by atoms with E-state index in [4.69, 9.17) is 5.11 Å². The van der Waals surface area contributed by atoms with Crippen molar-refractivity contribution in [2.75, 3.05) is 0 Å². The molecule has 0 aliphatic carbocycles. The largest absolute Gasteiger partial charge is 0.391 e. The maximum atomic E-state index is 8.69. The Balaban J connectivity index is 3.33. The van der Waals surface area contributed by atoms with Crippen LogP contribution in [-0.4, -0.2) is 24.0 Å². The minimum Gasteiger partial charge on any atom is -0.391 e. The van der Waals surface area contributed by atoms with Crippen LogP contribution >= 0.6 is 0 Å². The highest BCUT2D eigenvalue weighted by Crippen LogP contribution is 1.92. The average molecular weight is 101 g/mol. The van der Waals surface area contributed by atoms with Gasteiger partial charge in [-0.3, -0.25) is 4.99 Å². The molecule has 0 radical (unpaired) electrons. The third-order valence-electron chi connectivity index (χ3n) is 0.986. The summed E-state index contributed by atoms with van der Waals surface area (Å²) in [5, 5.41) is 8.69. The van der Waals surface area contributed by atoms with Gasteiger partial charge in [-0.2, -0.15) is 0 Å². The minimum absolute atomic E-state index is 0.0278. The Morgan fingerprint density at radius 2 is 2.00 bits per heavy atom. The van der Waals surface area contributed by atoms with Gasteiger partial charge in [0.25, 0.3) is 0 Å². The average Bonchev–Trinajstić information content (AvgIpc) is 1.65. The molecule has 1 N–H and O–H groups in total. The molecule has 42 valence electrons. The number of hydrogen-bond acceptors (Lipinski definition) is 2. The van der Waals surface area contributed by atoms with Crippen LogP contribution in [-0.2, 0) is 0 Å².